The molecule has 0 bridgehead atoms. The Morgan fingerprint density at radius 3 is 2.71 bits per heavy atom. The molecule has 1 aromatic rings. The Bertz CT molecular complexity index is 650. The van der Waals surface area contributed by atoms with E-state index in [4.69, 9.17) is 4.52 Å². The number of aromatic nitrogens is 1. The maximum Gasteiger partial charge on any atom is 0.273 e. The van der Waals surface area contributed by atoms with E-state index in [-0.39, 0.29) is 23.6 Å². The number of amides is 1. The van der Waals surface area contributed by atoms with Gasteiger partial charge >= 0.3 is 0 Å². The third-order valence-electron chi connectivity index (χ3n) is 4.11. The lowest BCUT2D eigenvalue weighted by Crippen LogP contribution is -2.40. The van der Waals surface area contributed by atoms with Crippen LogP contribution in [0.4, 0.5) is 0 Å². The van der Waals surface area contributed by atoms with Crippen molar-refractivity contribution >= 4 is 15.9 Å². The lowest BCUT2D eigenvalue weighted by Gasteiger charge is -2.15. The molecule has 1 saturated carbocycles. The molecular weight excluding hydrogens is 294 g/mol. The van der Waals surface area contributed by atoms with Crippen LogP contribution < -0.4 is 5.32 Å². The first-order valence-corrected chi connectivity index (χ1v) is 8.92. The van der Waals surface area contributed by atoms with Crippen LogP contribution in [0.5, 0.6) is 0 Å². The minimum Gasteiger partial charge on any atom is -0.360 e. The van der Waals surface area contributed by atoms with Gasteiger partial charge in [-0.1, -0.05) is 12.1 Å². The van der Waals surface area contributed by atoms with Crippen LogP contribution in [0.15, 0.2) is 10.6 Å². The van der Waals surface area contributed by atoms with Gasteiger partial charge in [0.1, 0.15) is 5.76 Å². The molecule has 1 saturated heterocycles. The summed E-state index contributed by atoms with van der Waals surface area (Å²) in [6, 6.07) is 1.48. The highest BCUT2D eigenvalue weighted by Crippen LogP contribution is 2.40. The predicted octanol–water partition coefficient (Wildman–Crippen LogP) is 0.562. The maximum atomic E-state index is 12.2. The van der Waals surface area contributed by atoms with Gasteiger partial charge in [-0.15, -0.1) is 0 Å². The van der Waals surface area contributed by atoms with Crippen LogP contribution >= 0.6 is 0 Å². The summed E-state index contributed by atoms with van der Waals surface area (Å²) in [5, 5.41) is 6.65. The van der Waals surface area contributed by atoms with E-state index in [1.54, 1.807) is 6.07 Å². The summed E-state index contributed by atoms with van der Waals surface area (Å²) >= 11 is 0. The first-order chi connectivity index (χ1) is 9.84. The lowest BCUT2D eigenvalue weighted by atomic mass is 10.1. The zero-order valence-corrected chi connectivity index (χ0v) is 12.9. The summed E-state index contributed by atoms with van der Waals surface area (Å²) < 4.78 is 29.7. The van der Waals surface area contributed by atoms with Gasteiger partial charge in [-0.3, -0.25) is 4.79 Å². The van der Waals surface area contributed by atoms with E-state index in [1.165, 1.54) is 10.6 Å². The average molecular weight is 313 g/mol. The number of rotatable bonds is 4. The van der Waals surface area contributed by atoms with Crippen molar-refractivity contribution in [2.24, 2.45) is 5.92 Å². The molecule has 8 heteroatoms. The predicted molar refractivity (Wildman–Crippen MR) is 75.3 cm³/mol. The second-order valence-electron chi connectivity index (χ2n) is 6.03. The van der Waals surface area contributed by atoms with Crippen molar-refractivity contribution in [3.63, 3.8) is 0 Å². The Balaban J connectivity index is 1.64. The van der Waals surface area contributed by atoms with Gasteiger partial charge in [-0.05, 0) is 18.8 Å². The Labute approximate surface area is 123 Å². The standard InChI is InChI=1S/C13H19N3O4S/c1-8-6-16(21(2,18)19)7-11(8)14-13(17)10-5-12(20-15-10)9-3-4-9/h5,8-9,11H,3-4,6-7H2,1-2H3,(H,14,17). The van der Waals surface area contributed by atoms with Crippen LogP contribution in [0, 0.1) is 5.92 Å². The molecule has 2 heterocycles. The molecule has 3 rings (SSSR count). The third-order valence-corrected chi connectivity index (χ3v) is 5.34. The van der Waals surface area contributed by atoms with Crippen molar-refractivity contribution in [1.82, 2.24) is 14.8 Å². The number of carbonyl (C=O) groups is 1. The van der Waals surface area contributed by atoms with E-state index in [0.29, 0.717) is 19.0 Å². The summed E-state index contributed by atoms with van der Waals surface area (Å²) in [6.07, 6.45) is 3.35. The number of nitrogens with one attached hydrogen (secondary N) is 1. The molecule has 1 aromatic heterocycles. The van der Waals surface area contributed by atoms with Gasteiger partial charge < -0.3 is 9.84 Å². The molecule has 2 aliphatic rings. The van der Waals surface area contributed by atoms with E-state index in [2.05, 4.69) is 10.5 Å². The molecular formula is C13H19N3O4S. The fourth-order valence-corrected chi connectivity index (χ4v) is 3.52. The van der Waals surface area contributed by atoms with Crippen molar-refractivity contribution in [1.29, 1.82) is 0 Å². The highest BCUT2D eigenvalue weighted by molar-refractivity contribution is 7.88. The highest BCUT2D eigenvalue weighted by Gasteiger charge is 2.36. The van der Waals surface area contributed by atoms with Crippen molar-refractivity contribution in [2.75, 3.05) is 19.3 Å². The number of hydrogen-bond donors (Lipinski definition) is 1. The van der Waals surface area contributed by atoms with E-state index in [9.17, 15) is 13.2 Å². The molecule has 2 fully saturated rings. The lowest BCUT2D eigenvalue weighted by molar-refractivity contribution is 0.0923. The Kier molecular flexibility index (Phi) is 3.53. The first kappa shape index (κ1) is 14.5. The number of nitrogens with zero attached hydrogens (tertiary/aromatic N) is 2. The second kappa shape index (κ2) is 5.10. The molecule has 0 aromatic carbocycles. The highest BCUT2D eigenvalue weighted by atomic mass is 32.2. The molecule has 1 aliphatic heterocycles. The van der Waals surface area contributed by atoms with Crippen molar-refractivity contribution in [3.8, 4) is 0 Å². The summed E-state index contributed by atoms with van der Waals surface area (Å²) in [5.41, 5.74) is 0.266. The van der Waals surface area contributed by atoms with Crippen LogP contribution in [0.3, 0.4) is 0 Å². The zero-order chi connectivity index (χ0) is 15.2. The van der Waals surface area contributed by atoms with Gasteiger partial charge in [-0.2, -0.15) is 4.31 Å². The summed E-state index contributed by atoms with van der Waals surface area (Å²) in [4.78, 5) is 12.2. The molecule has 1 N–H and O–H groups in total. The smallest absolute Gasteiger partial charge is 0.273 e. The molecule has 7 nitrogen and oxygen atoms in total. The molecule has 0 spiro atoms. The van der Waals surface area contributed by atoms with E-state index in [0.717, 1.165) is 18.6 Å². The van der Waals surface area contributed by atoms with Crippen molar-refractivity contribution in [2.45, 2.75) is 31.7 Å². The van der Waals surface area contributed by atoms with E-state index >= 15 is 0 Å². The second-order valence-corrected chi connectivity index (χ2v) is 8.01. The van der Waals surface area contributed by atoms with Gasteiger partial charge in [0.15, 0.2) is 5.69 Å². The molecule has 21 heavy (non-hydrogen) atoms. The molecule has 2 atom stereocenters. The zero-order valence-electron chi connectivity index (χ0n) is 12.1. The molecule has 2 unspecified atom stereocenters. The molecule has 1 aliphatic carbocycles. The summed E-state index contributed by atoms with van der Waals surface area (Å²) in [7, 11) is -3.22. The fourth-order valence-electron chi connectivity index (χ4n) is 2.58. The van der Waals surface area contributed by atoms with Gasteiger partial charge in [0.25, 0.3) is 5.91 Å². The fraction of sp³-hybridized carbons (Fsp3) is 0.692. The molecule has 1 amide bonds. The topological polar surface area (TPSA) is 92.5 Å². The maximum absolute atomic E-state index is 12.2. The Morgan fingerprint density at radius 1 is 1.43 bits per heavy atom. The van der Waals surface area contributed by atoms with Crippen LogP contribution in [0.2, 0.25) is 0 Å². The van der Waals surface area contributed by atoms with Gasteiger partial charge in [-0.25, -0.2) is 8.42 Å². The molecule has 0 radical (unpaired) electrons. The largest absolute Gasteiger partial charge is 0.360 e. The van der Waals surface area contributed by atoms with Crippen molar-refractivity contribution < 1.29 is 17.7 Å². The molecule has 116 valence electrons. The summed E-state index contributed by atoms with van der Waals surface area (Å²) in [6.45, 7) is 2.66. The number of hydrogen-bond acceptors (Lipinski definition) is 5. The monoisotopic (exact) mass is 313 g/mol. The SMILES string of the molecule is CC1CN(S(C)(=O)=O)CC1NC(=O)c1cc(C2CC2)on1. The van der Waals surface area contributed by atoms with Gasteiger partial charge in [0.05, 0.1) is 6.26 Å². The van der Waals surface area contributed by atoms with E-state index < -0.39 is 10.0 Å². The van der Waals surface area contributed by atoms with Crippen LogP contribution in [0.25, 0.3) is 0 Å². The minimum atomic E-state index is -3.22. The summed E-state index contributed by atoms with van der Waals surface area (Å²) in [5.74, 6) is 0.930. The first-order valence-electron chi connectivity index (χ1n) is 7.07. The van der Waals surface area contributed by atoms with E-state index in [1.807, 2.05) is 6.92 Å². The van der Waals surface area contributed by atoms with Crippen LogP contribution in [0.1, 0.15) is 41.9 Å². The third kappa shape index (κ3) is 3.11. The number of carbonyl (C=O) groups excluding carboxylic acids is 1. The minimum absolute atomic E-state index is 0.0680. The number of sulfonamides is 1. The van der Waals surface area contributed by atoms with Crippen LogP contribution in [-0.4, -0.2) is 49.2 Å². The normalized spacial score (nSPS) is 27.0. The van der Waals surface area contributed by atoms with Crippen molar-refractivity contribution in [3.05, 3.63) is 17.5 Å². The van der Waals surface area contributed by atoms with Gasteiger partial charge in [0, 0.05) is 31.1 Å². The van der Waals surface area contributed by atoms with Gasteiger partial charge in [0.2, 0.25) is 10.0 Å². The quantitative estimate of drug-likeness (QED) is 0.877. The van der Waals surface area contributed by atoms with Crippen LogP contribution in [-0.2, 0) is 10.0 Å². The Hall–Kier alpha value is -1.41. The average Bonchev–Trinajstić information content (AvgIpc) is 3.00. The Morgan fingerprint density at radius 2 is 2.14 bits per heavy atom.